The van der Waals surface area contributed by atoms with Crippen LogP contribution in [-0.4, -0.2) is 32.7 Å². The Bertz CT molecular complexity index is 1270. The van der Waals surface area contributed by atoms with E-state index in [0.29, 0.717) is 39.2 Å². The van der Waals surface area contributed by atoms with Crippen molar-refractivity contribution in [3.63, 3.8) is 0 Å². The number of sulfone groups is 1. The minimum atomic E-state index is -3.48. The van der Waals surface area contributed by atoms with Crippen LogP contribution in [0.25, 0.3) is 4.91 Å². The molecule has 3 aromatic rings. The summed E-state index contributed by atoms with van der Waals surface area (Å²) in [7, 11) is -3.48. The first-order chi connectivity index (χ1) is 15.3. The quantitative estimate of drug-likeness (QED) is 0.465. The third-order valence-corrected chi connectivity index (χ3v) is 7.24. The van der Waals surface area contributed by atoms with Gasteiger partial charge in [-0.1, -0.05) is 59.6 Å². The molecule has 1 fully saturated rings. The monoisotopic (exact) mass is 482 g/mol. The Morgan fingerprint density at radius 1 is 0.938 bits per heavy atom. The van der Waals surface area contributed by atoms with Crippen molar-refractivity contribution in [1.29, 1.82) is 5.26 Å². The Kier molecular flexibility index (Phi) is 6.41. The molecule has 32 heavy (non-hydrogen) atoms. The molecule has 0 spiro atoms. The van der Waals surface area contributed by atoms with Crippen LogP contribution in [0.4, 0.5) is 0 Å². The maximum atomic E-state index is 12.7. The van der Waals surface area contributed by atoms with Crippen LogP contribution in [0, 0.1) is 11.3 Å². The van der Waals surface area contributed by atoms with E-state index >= 15 is 0 Å². The van der Waals surface area contributed by atoms with E-state index in [9.17, 15) is 13.7 Å². The third-order valence-electron chi connectivity index (χ3n) is 5.47. The van der Waals surface area contributed by atoms with Gasteiger partial charge >= 0.3 is 0 Å². The largest absolute Gasteiger partial charge is 0.284 e. The summed E-state index contributed by atoms with van der Waals surface area (Å²) in [5.41, 5.74) is 3.93. The summed E-state index contributed by atoms with van der Waals surface area (Å²) in [6.07, 6.45) is 1.22. The molecule has 0 bridgehead atoms. The molecule has 1 heterocycles. The minimum Gasteiger partial charge on any atom is -0.284 e. The van der Waals surface area contributed by atoms with Gasteiger partial charge in [-0.25, -0.2) is 8.42 Å². The Balaban J connectivity index is 1.73. The molecule has 0 atom stereocenters. The van der Waals surface area contributed by atoms with Gasteiger partial charge in [0.15, 0.2) is 9.84 Å². The van der Waals surface area contributed by atoms with Crippen molar-refractivity contribution in [2.75, 3.05) is 19.3 Å². The lowest BCUT2D eigenvalue weighted by Crippen LogP contribution is -2.44. The third kappa shape index (κ3) is 4.74. The average molecular weight is 483 g/mol. The summed E-state index contributed by atoms with van der Waals surface area (Å²) < 4.78 is 25.3. The highest BCUT2D eigenvalue weighted by Gasteiger charge is 2.34. The molecule has 0 N–H and O–H groups in total. The lowest BCUT2D eigenvalue weighted by molar-refractivity contribution is 0.203. The first-order valence-corrected chi connectivity index (χ1v) is 12.6. The highest BCUT2D eigenvalue weighted by molar-refractivity contribution is 8.00. The van der Waals surface area contributed by atoms with E-state index in [-0.39, 0.29) is 6.04 Å². The van der Waals surface area contributed by atoms with Gasteiger partial charge in [-0.05, 0) is 58.7 Å². The highest BCUT2D eigenvalue weighted by atomic mass is 35.5. The van der Waals surface area contributed by atoms with Gasteiger partial charge < -0.3 is 0 Å². The average Bonchev–Trinajstić information content (AvgIpc) is 2.73. The fourth-order valence-corrected chi connectivity index (χ4v) is 5.55. The van der Waals surface area contributed by atoms with Gasteiger partial charge in [0.05, 0.1) is 22.6 Å². The van der Waals surface area contributed by atoms with Crippen molar-refractivity contribution in [2.24, 2.45) is 0 Å². The highest BCUT2D eigenvalue weighted by Crippen LogP contribution is 2.38. The van der Waals surface area contributed by atoms with Crippen LogP contribution >= 0.6 is 23.2 Å². The second-order valence-corrected chi connectivity index (χ2v) is 10.6. The van der Waals surface area contributed by atoms with Crippen LogP contribution in [0.5, 0.6) is 0 Å². The Morgan fingerprint density at radius 2 is 1.47 bits per heavy atom. The van der Waals surface area contributed by atoms with Crippen LogP contribution in [0.3, 0.4) is 0 Å². The van der Waals surface area contributed by atoms with Crippen LogP contribution in [0.1, 0.15) is 28.3 Å². The van der Waals surface area contributed by atoms with E-state index in [4.69, 9.17) is 23.2 Å². The smallest absolute Gasteiger partial charge is 0.176 e. The number of hydrogen-bond donors (Lipinski definition) is 0. The zero-order valence-electron chi connectivity index (χ0n) is 17.3. The molecular formula is C25H20Cl2N2O2S. The Hall–Kier alpha value is -2.62. The molecule has 1 aliphatic heterocycles. The van der Waals surface area contributed by atoms with Crippen LogP contribution < -0.4 is 0 Å². The van der Waals surface area contributed by atoms with Crippen LogP contribution in [-0.2, 0) is 9.84 Å². The van der Waals surface area contributed by atoms with Gasteiger partial charge in [0.1, 0.15) is 0 Å². The number of halogens is 2. The predicted molar refractivity (Wildman–Crippen MR) is 129 cm³/mol. The Morgan fingerprint density at radius 3 is 1.94 bits per heavy atom. The molecule has 0 saturated carbocycles. The van der Waals surface area contributed by atoms with E-state index in [0.717, 1.165) is 16.7 Å². The summed E-state index contributed by atoms with van der Waals surface area (Å²) in [5.74, 6) is 0. The summed E-state index contributed by atoms with van der Waals surface area (Å²) in [6.45, 7) is 0.990. The van der Waals surface area contributed by atoms with E-state index in [2.05, 4.69) is 11.0 Å². The van der Waals surface area contributed by atoms with Gasteiger partial charge in [-0.3, -0.25) is 4.90 Å². The van der Waals surface area contributed by atoms with Crippen molar-refractivity contribution in [3.05, 3.63) is 111 Å². The molecule has 4 nitrogen and oxygen atoms in total. The van der Waals surface area contributed by atoms with E-state index < -0.39 is 9.84 Å². The molecule has 1 aliphatic rings. The molecule has 0 aromatic heterocycles. The fourth-order valence-electron chi connectivity index (χ4n) is 4.08. The van der Waals surface area contributed by atoms with Gasteiger partial charge in [0, 0.05) is 29.4 Å². The molecule has 4 rings (SSSR count). The topological polar surface area (TPSA) is 61.2 Å². The lowest BCUT2D eigenvalue weighted by atomic mass is 9.92. The molecule has 1 saturated heterocycles. The molecule has 162 valence electrons. The van der Waals surface area contributed by atoms with E-state index in [1.165, 1.54) is 6.26 Å². The summed E-state index contributed by atoms with van der Waals surface area (Å²) in [6, 6.07) is 24.1. The fraction of sp³-hybridized carbons (Fsp3) is 0.160. The first-order valence-electron chi connectivity index (χ1n) is 9.94. The maximum Gasteiger partial charge on any atom is 0.176 e. The predicted octanol–water partition coefficient (Wildman–Crippen LogP) is 5.73. The zero-order chi connectivity index (χ0) is 22.9. The second kappa shape index (κ2) is 9.09. The van der Waals surface area contributed by atoms with Gasteiger partial charge in [-0.15, -0.1) is 0 Å². The van der Waals surface area contributed by atoms with Crippen molar-refractivity contribution >= 4 is 37.9 Å². The van der Waals surface area contributed by atoms with Crippen molar-refractivity contribution < 1.29 is 8.42 Å². The number of nitrogens with zero attached hydrogens (tertiary/aromatic N) is 2. The zero-order valence-corrected chi connectivity index (χ0v) is 19.6. The molecule has 0 radical (unpaired) electrons. The van der Waals surface area contributed by atoms with E-state index in [1.807, 2.05) is 48.5 Å². The molecule has 3 aromatic carbocycles. The van der Waals surface area contributed by atoms with Crippen molar-refractivity contribution in [3.8, 4) is 6.07 Å². The standard InChI is InChI=1S/C25H20Cl2N2O2S/c1-32(30,31)25(20-4-2-3-17(13-20)14-28)21-15-29(16-21)24(18-5-9-22(26)10-6-18)19-7-11-23(27)12-8-19/h2-13,24H,15-16H2,1H3. The number of hydrogen-bond acceptors (Lipinski definition) is 4. The number of benzene rings is 3. The minimum absolute atomic E-state index is 0.0699. The van der Waals surface area contributed by atoms with Gasteiger partial charge in [0.25, 0.3) is 0 Å². The number of rotatable bonds is 5. The van der Waals surface area contributed by atoms with Gasteiger partial charge in [-0.2, -0.15) is 5.26 Å². The molecular weight excluding hydrogens is 463 g/mol. The molecule has 0 unspecified atom stereocenters. The van der Waals surface area contributed by atoms with E-state index in [1.54, 1.807) is 24.3 Å². The van der Waals surface area contributed by atoms with Crippen molar-refractivity contribution in [2.45, 2.75) is 6.04 Å². The lowest BCUT2D eigenvalue weighted by Gasteiger charge is -2.42. The molecule has 7 heteroatoms. The SMILES string of the molecule is CS(=O)(=O)C(=C1CN(C(c2ccc(Cl)cc2)c2ccc(Cl)cc2)C1)c1cccc(C#N)c1. The maximum absolute atomic E-state index is 12.7. The first kappa shape index (κ1) is 22.6. The molecule has 0 amide bonds. The van der Waals surface area contributed by atoms with Crippen molar-refractivity contribution in [1.82, 2.24) is 4.90 Å². The summed E-state index contributed by atoms with van der Waals surface area (Å²) in [5, 5.41) is 10.5. The number of likely N-dealkylation sites (tertiary alicyclic amines) is 1. The van der Waals surface area contributed by atoms with Gasteiger partial charge in [0.2, 0.25) is 0 Å². The van der Waals surface area contributed by atoms with Crippen LogP contribution in [0.15, 0.2) is 78.4 Å². The van der Waals surface area contributed by atoms with Crippen LogP contribution in [0.2, 0.25) is 10.0 Å². The summed E-state index contributed by atoms with van der Waals surface area (Å²) in [4.78, 5) is 2.51. The Labute approximate surface area is 198 Å². The molecule has 0 aliphatic carbocycles. The summed E-state index contributed by atoms with van der Waals surface area (Å²) >= 11 is 12.2. The second-order valence-electron chi connectivity index (χ2n) is 7.81. The normalized spacial score (nSPS) is 14.2. The number of nitriles is 1.